The molecule has 3 heterocycles. The van der Waals surface area contributed by atoms with E-state index in [0.29, 0.717) is 12.1 Å². The summed E-state index contributed by atoms with van der Waals surface area (Å²) >= 11 is 3.11. The van der Waals surface area contributed by atoms with Gasteiger partial charge in [0.1, 0.15) is 11.4 Å². The third-order valence-electron chi connectivity index (χ3n) is 3.93. The van der Waals surface area contributed by atoms with Crippen molar-refractivity contribution < 1.29 is 4.79 Å². The highest BCUT2D eigenvalue weighted by atomic mass is 32.2. The highest BCUT2D eigenvalue weighted by Gasteiger charge is 2.34. The SMILES string of the molecule is N#Cc1ccc(N2CC[C@@H](Sc3ncnc4ccsc34)C2=O)cc1. The number of hydrogen-bond donors (Lipinski definition) is 0. The second-order valence-electron chi connectivity index (χ2n) is 5.36. The summed E-state index contributed by atoms with van der Waals surface area (Å²) in [6, 6.07) is 11.2. The number of nitriles is 1. The van der Waals surface area contributed by atoms with Gasteiger partial charge in [-0.3, -0.25) is 4.79 Å². The Bertz CT molecular complexity index is 945. The zero-order valence-electron chi connectivity index (χ0n) is 12.5. The molecule has 0 N–H and O–H groups in total. The monoisotopic (exact) mass is 352 g/mol. The first kappa shape index (κ1) is 15.1. The van der Waals surface area contributed by atoms with Crippen LogP contribution in [0.25, 0.3) is 10.2 Å². The molecule has 1 saturated heterocycles. The molecule has 0 bridgehead atoms. The molecule has 1 aromatic carbocycles. The molecule has 1 amide bonds. The number of carbonyl (C=O) groups excluding carboxylic acids is 1. The Balaban J connectivity index is 1.55. The molecule has 4 rings (SSSR count). The number of benzene rings is 1. The molecule has 0 unspecified atom stereocenters. The maximum absolute atomic E-state index is 12.7. The van der Waals surface area contributed by atoms with Gasteiger partial charge in [0.15, 0.2) is 0 Å². The van der Waals surface area contributed by atoms with Crippen molar-refractivity contribution in [2.75, 3.05) is 11.4 Å². The van der Waals surface area contributed by atoms with Crippen molar-refractivity contribution in [1.29, 1.82) is 5.26 Å². The van der Waals surface area contributed by atoms with Crippen LogP contribution >= 0.6 is 23.1 Å². The van der Waals surface area contributed by atoms with Crippen LogP contribution in [0.5, 0.6) is 0 Å². The minimum atomic E-state index is -0.138. The van der Waals surface area contributed by atoms with Gasteiger partial charge >= 0.3 is 0 Å². The van der Waals surface area contributed by atoms with Crippen LogP contribution in [-0.2, 0) is 4.79 Å². The van der Waals surface area contributed by atoms with Crippen molar-refractivity contribution in [2.24, 2.45) is 0 Å². The molecule has 0 radical (unpaired) electrons. The molecule has 1 aliphatic heterocycles. The molecule has 118 valence electrons. The lowest BCUT2D eigenvalue weighted by atomic mass is 10.2. The van der Waals surface area contributed by atoms with E-state index in [9.17, 15) is 4.79 Å². The Hall–Kier alpha value is -2.43. The molecular formula is C17H12N4OS2. The normalized spacial score (nSPS) is 17.4. The largest absolute Gasteiger partial charge is 0.311 e. The van der Waals surface area contributed by atoms with Crippen LogP contribution in [0.1, 0.15) is 12.0 Å². The maximum Gasteiger partial charge on any atom is 0.240 e. The van der Waals surface area contributed by atoms with E-state index in [1.54, 1.807) is 34.7 Å². The predicted octanol–water partition coefficient (Wildman–Crippen LogP) is 3.46. The lowest BCUT2D eigenvalue weighted by Gasteiger charge is -2.16. The average Bonchev–Trinajstić information content (AvgIpc) is 3.23. The van der Waals surface area contributed by atoms with Gasteiger partial charge in [-0.05, 0) is 42.1 Å². The first-order valence-electron chi connectivity index (χ1n) is 7.42. The molecule has 1 aliphatic rings. The first-order valence-corrected chi connectivity index (χ1v) is 9.18. The van der Waals surface area contributed by atoms with Crippen molar-refractivity contribution in [3.63, 3.8) is 0 Å². The summed E-state index contributed by atoms with van der Waals surface area (Å²) in [5.74, 6) is 0.0908. The third kappa shape index (κ3) is 2.64. The van der Waals surface area contributed by atoms with Gasteiger partial charge in [-0.1, -0.05) is 11.8 Å². The van der Waals surface area contributed by atoms with Crippen molar-refractivity contribution in [1.82, 2.24) is 9.97 Å². The summed E-state index contributed by atoms with van der Waals surface area (Å²) in [5.41, 5.74) is 2.36. The lowest BCUT2D eigenvalue weighted by Crippen LogP contribution is -2.27. The van der Waals surface area contributed by atoms with Crippen molar-refractivity contribution in [3.05, 3.63) is 47.6 Å². The van der Waals surface area contributed by atoms with Gasteiger partial charge in [0.05, 0.1) is 27.1 Å². The standard InChI is InChI=1S/C17H12N4OS2/c18-9-11-1-3-12(4-2-11)21-7-5-14(17(21)22)24-16-15-13(6-8-23-15)19-10-20-16/h1-4,6,8,10,14H,5,7H2/t14-/m1/s1. The van der Waals surface area contributed by atoms with E-state index < -0.39 is 0 Å². The molecule has 24 heavy (non-hydrogen) atoms. The van der Waals surface area contributed by atoms with Crippen LogP contribution in [0.2, 0.25) is 0 Å². The average molecular weight is 352 g/mol. The highest BCUT2D eigenvalue weighted by Crippen LogP contribution is 2.36. The van der Waals surface area contributed by atoms with Gasteiger partial charge in [0, 0.05) is 12.2 Å². The molecule has 0 saturated carbocycles. The van der Waals surface area contributed by atoms with Gasteiger partial charge in [-0.15, -0.1) is 11.3 Å². The van der Waals surface area contributed by atoms with E-state index in [1.165, 1.54) is 11.8 Å². The molecule has 0 spiro atoms. The van der Waals surface area contributed by atoms with Crippen molar-refractivity contribution in [2.45, 2.75) is 16.7 Å². The summed E-state index contributed by atoms with van der Waals surface area (Å²) in [6.45, 7) is 0.682. The number of thioether (sulfide) groups is 1. The Morgan fingerprint density at radius 3 is 2.88 bits per heavy atom. The van der Waals surface area contributed by atoms with Crippen LogP contribution in [0.3, 0.4) is 0 Å². The Morgan fingerprint density at radius 1 is 1.25 bits per heavy atom. The zero-order chi connectivity index (χ0) is 16.5. The minimum absolute atomic E-state index is 0.0908. The van der Waals surface area contributed by atoms with Gasteiger partial charge in [-0.25, -0.2) is 9.97 Å². The van der Waals surface area contributed by atoms with Crippen molar-refractivity contribution in [3.8, 4) is 6.07 Å². The summed E-state index contributed by atoms with van der Waals surface area (Å²) in [7, 11) is 0. The zero-order valence-corrected chi connectivity index (χ0v) is 14.2. The minimum Gasteiger partial charge on any atom is -0.311 e. The quantitative estimate of drug-likeness (QED) is 0.675. The number of thiophene rings is 1. The number of rotatable bonds is 3. The number of fused-ring (bicyclic) bond motifs is 1. The summed E-state index contributed by atoms with van der Waals surface area (Å²) in [6.07, 6.45) is 2.33. The number of carbonyl (C=O) groups is 1. The number of amides is 1. The molecular weight excluding hydrogens is 340 g/mol. The summed E-state index contributed by atoms with van der Waals surface area (Å²) in [4.78, 5) is 23.1. The van der Waals surface area contributed by atoms with Gasteiger partial charge < -0.3 is 4.90 Å². The maximum atomic E-state index is 12.7. The fraction of sp³-hybridized carbons (Fsp3) is 0.176. The first-order chi connectivity index (χ1) is 11.8. The van der Waals surface area contributed by atoms with Crippen LogP contribution in [0.15, 0.2) is 47.1 Å². The third-order valence-corrected chi connectivity index (χ3v) is 6.22. The van der Waals surface area contributed by atoms with Crippen LogP contribution < -0.4 is 4.90 Å². The predicted molar refractivity (Wildman–Crippen MR) is 95.2 cm³/mol. The van der Waals surface area contributed by atoms with E-state index >= 15 is 0 Å². The molecule has 0 aliphatic carbocycles. The van der Waals surface area contributed by atoms with Gasteiger partial charge in [0.25, 0.3) is 0 Å². The van der Waals surface area contributed by atoms with E-state index in [2.05, 4.69) is 16.0 Å². The smallest absolute Gasteiger partial charge is 0.240 e. The molecule has 3 aromatic rings. The molecule has 7 heteroatoms. The van der Waals surface area contributed by atoms with Crippen molar-refractivity contribution >= 4 is 44.9 Å². The number of aromatic nitrogens is 2. The second kappa shape index (κ2) is 6.23. The lowest BCUT2D eigenvalue weighted by molar-refractivity contribution is -0.116. The van der Waals surface area contributed by atoms with E-state index in [0.717, 1.165) is 27.4 Å². The molecule has 1 fully saturated rings. The highest BCUT2D eigenvalue weighted by molar-refractivity contribution is 8.00. The Kier molecular flexibility index (Phi) is 3.92. The van der Waals surface area contributed by atoms with E-state index in [-0.39, 0.29) is 11.2 Å². The van der Waals surface area contributed by atoms with E-state index in [4.69, 9.17) is 5.26 Å². The second-order valence-corrected chi connectivity index (χ2v) is 7.47. The number of anilines is 1. The number of hydrogen-bond acceptors (Lipinski definition) is 6. The van der Waals surface area contributed by atoms with Crippen LogP contribution in [0.4, 0.5) is 5.69 Å². The topological polar surface area (TPSA) is 69.9 Å². The van der Waals surface area contributed by atoms with Gasteiger partial charge in [-0.2, -0.15) is 5.26 Å². The fourth-order valence-electron chi connectivity index (χ4n) is 2.72. The summed E-state index contributed by atoms with van der Waals surface area (Å²) in [5, 5.41) is 11.6. The fourth-order valence-corrected chi connectivity index (χ4v) is 4.78. The molecule has 5 nitrogen and oxygen atoms in total. The van der Waals surface area contributed by atoms with Crippen LogP contribution in [0, 0.1) is 11.3 Å². The van der Waals surface area contributed by atoms with Crippen LogP contribution in [-0.4, -0.2) is 27.7 Å². The van der Waals surface area contributed by atoms with E-state index in [1.807, 2.05) is 23.6 Å². The summed E-state index contributed by atoms with van der Waals surface area (Å²) < 4.78 is 1.03. The van der Waals surface area contributed by atoms with Gasteiger partial charge in [0.2, 0.25) is 5.91 Å². The molecule has 1 atom stereocenters. The Morgan fingerprint density at radius 2 is 2.08 bits per heavy atom. The molecule has 2 aromatic heterocycles. The Labute approximate surface area is 147 Å². The number of nitrogens with zero attached hydrogens (tertiary/aromatic N) is 4.